The first kappa shape index (κ1) is 27.5. The van der Waals surface area contributed by atoms with E-state index in [0.29, 0.717) is 6.54 Å². The zero-order valence-electron chi connectivity index (χ0n) is 23.4. The summed E-state index contributed by atoms with van der Waals surface area (Å²) in [7, 11) is 4.08. The van der Waals surface area contributed by atoms with E-state index in [1.807, 2.05) is 20.2 Å². The van der Waals surface area contributed by atoms with Crippen molar-refractivity contribution in [3.63, 3.8) is 0 Å². The molecule has 3 aromatic rings. The summed E-state index contributed by atoms with van der Waals surface area (Å²) in [6, 6.07) is 19.5. The van der Waals surface area contributed by atoms with Crippen LogP contribution in [0.25, 0.3) is 6.08 Å². The normalized spacial score (nSPS) is 16.6. The van der Waals surface area contributed by atoms with Crippen molar-refractivity contribution in [2.24, 2.45) is 0 Å². The van der Waals surface area contributed by atoms with Gasteiger partial charge in [0.2, 0.25) is 0 Å². The highest BCUT2D eigenvalue weighted by Crippen LogP contribution is 2.49. The molecule has 0 aromatic heterocycles. The Morgan fingerprint density at radius 3 is 2.21 bits per heavy atom. The van der Waals surface area contributed by atoms with Crippen LogP contribution in [0.1, 0.15) is 84.8 Å². The summed E-state index contributed by atoms with van der Waals surface area (Å²) in [5.41, 5.74) is 8.02. The standard InChI is InChI=1S/C33H40N2O3/c1-32(2)17-18-33(3,4)30-27(32)19-25(29(36)16-11-22-7-12-24(13-8-22)31(37)38)20-28(30)34-21-23-9-14-26(15-10-23)35(5)6/h7-16,19-20,29,34,36H,17-18,21H2,1-6H3,(H,37,38). The first-order valence-electron chi connectivity index (χ1n) is 13.3. The number of anilines is 2. The maximum atomic E-state index is 11.2. The van der Waals surface area contributed by atoms with Crippen LogP contribution >= 0.6 is 0 Å². The molecule has 0 aliphatic heterocycles. The Kier molecular flexibility index (Phi) is 7.70. The van der Waals surface area contributed by atoms with Crippen LogP contribution in [-0.2, 0) is 17.4 Å². The molecular formula is C33H40N2O3. The van der Waals surface area contributed by atoms with Gasteiger partial charge in [0.15, 0.2) is 0 Å². The SMILES string of the molecule is CN(C)c1ccc(CNc2cc(C(O)C=Cc3ccc(C(=O)O)cc3)cc3c2C(C)(C)CCC3(C)C)cc1. The summed E-state index contributed by atoms with van der Waals surface area (Å²) in [6.45, 7) is 9.91. The molecule has 1 unspecified atom stereocenters. The minimum absolute atomic E-state index is 0.000744. The van der Waals surface area contributed by atoms with Gasteiger partial charge in [0.25, 0.3) is 0 Å². The molecule has 0 saturated heterocycles. The van der Waals surface area contributed by atoms with E-state index in [-0.39, 0.29) is 16.4 Å². The van der Waals surface area contributed by atoms with Crippen molar-refractivity contribution >= 4 is 23.4 Å². The Labute approximate surface area is 226 Å². The quantitative estimate of drug-likeness (QED) is 0.299. The van der Waals surface area contributed by atoms with E-state index >= 15 is 0 Å². The van der Waals surface area contributed by atoms with Gasteiger partial charge >= 0.3 is 5.97 Å². The molecule has 1 aliphatic carbocycles. The molecule has 38 heavy (non-hydrogen) atoms. The summed E-state index contributed by atoms with van der Waals surface area (Å²) in [4.78, 5) is 13.2. The lowest BCUT2D eigenvalue weighted by atomic mass is 9.62. The highest BCUT2D eigenvalue weighted by molar-refractivity contribution is 5.87. The third-order valence-electron chi connectivity index (χ3n) is 7.85. The number of hydrogen-bond donors (Lipinski definition) is 3. The molecule has 4 rings (SSSR count). The minimum Gasteiger partial charge on any atom is -0.478 e. The molecule has 3 aromatic carbocycles. The van der Waals surface area contributed by atoms with Crippen molar-refractivity contribution in [3.05, 3.63) is 100 Å². The third-order valence-corrected chi connectivity index (χ3v) is 7.85. The molecule has 3 N–H and O–H groups in total. The van der Waals surface area contributed by atoms with Gasteiger partial charge in [-0.05, 0) is 81.8 Å². The van der Waals surface area contributed by atoms with Gasteiger partial charge in [-0.25, -0.2) is 4.79 Å². The molecule has 0 amide bonds. The van der Waals surface area contributed by atoms with Crippen LogP contribution in [-0.4, -0.2) is 30.3 Å². The Hall–Kier alpha value is -3.57. The number of carbonyl (C=O) groups is 1. The van der Waals surface area contributed by atoms with Crippen LogP contribution in [0.4, 0.5) is 11.4 Å². The first-order valence-corrected chi connectivity index (χ1v) is 13.3. The van der Waals surface area contributed by atoms with Crippen LogP contribution in [0.5, 0.6) is 0 Å². The van der Waals surface area contributed by atoms with Crippen molar-refractivity contribution in [2.75, 3.05) is 24.3 Å². The predicted molar refractivity (Wildman–Crippen MR) is 157 cm³/mol. The largest absolute Gasteiger partial charge is 0.478 e. The molecule has 1 atom stereocenters. The van der Waals surface area contributed by atoms with Gasteiger partial charge in [-0.15, -0.1) is 0 Å². The second kappa shape index (κ2) is 10.7. The minimum atomic E-state index is -0.950. The Morgan fingerprint density at radius 1 is 0.974 bits per heavy atom. The number of benzene rings is 3. The Bertz CT molecular complexity index is 1320. The fourth-order valence-electron chi connectivity index (χ4n) is 5.28. The van der Waals surface area contributed by atoms with Gasteiger partial charge in [0, 0.05) is 32.0 Å². The van der Waals surface area contributed by atoms with Crippen molar-refractivity contribution in [3.8, 4) is 0 Å². The van der Waals surface area contributed by atoms with E-state index in [0.717, 1.165) is 29.7 Å². The Balaban J connectivity index is 1.67. The molecule has 5 heteroatoms. The summed E-state index contributed by atoms with van der Waals surface area (Å²) in [5.74, 6) is -0.950. The van der Waals surface area contributed by atoms with Crippen LogP contribution < -0.4 is 10.2 Å². The molecule has 0 saturated carbocycles. The molecule has 0 bridgehead atoms. The molecule has 200 valence electrons. The highest BCUT2D eigenvalue weighted by atomic mass is 16.4. The Morgan fingerprint density at radius 2 is 1.61 bits per heavy atom. The topological polar surface area (TPSA) is 72.8 Å². The van der Waals surface area contributed by atoms with Gasteiger partial charge in [-0.2, -0.15) is 0 Å². The molecule has 0 spiro atoms. The average molecular weight is 513 g/mol. The summed E-state index contributed by atoms with van der Waals surface area (Å²) < 4.78 is 0. The van der Waals surface area contributed by atoms with E-state index in [9.17, 15) is 9.90 Å². The number of fused-ring (bicyclic) bond motifs is 1. The van der Waals surface area contributed by atoms with Gasteiger partial charge in [-0.1, -0.05) is 70.2 Å². The van der Waals surface area contributed by atoms with Crippen LogP contribution in [0, 0.1) is 0 Å². The van der Waals surface area contributed by atoms with E-state index in [4.69, 9.17) is 5.11 Å². The smallest absolute Gasteiger partial charge is 0.335 e. The number of nitrogens with one attached hydrogen (secondary N) is 1. The fourth-order valence-corrected chi connectivity index (χ4v) is 5.28. The van der Waals surface area contributed by atoms with Crippen molar-refractivity contribution in [1.29, 1.82) is 0 Å². The lowest BCUT2D eigenvalue weighted by Gasteiger charge is -2.43. The summed E-state index contributed by atoms with van der Waals surface area (Å²) in [5, 5.41) is 24.0. The van der Waals surface area contributed by atoms with Crippen LogP contribution in [0.2, 0.25) is 0 Å². The first-order chi connectivity index (χ1) is 17.9. The van der Waals surface area contributed by atoms with Crippen LogP contribution in [0.15, 0.2) is 66.7 Å². The lowest BCUT2D eigenvalue weighted by Crippen LogP contribution is -2.35. The second-order valence-corrected chi connectivity index (χ2v) is 11.9. The predicted octanol–water partition coefficient (Wildman–Crippen LogP) is 7.16. The van der Waals surface area contributed by atoms with E-state index < -0.39 is 12.1 Å². The summed E-state index contributed by atoms with van der Waals surface area (Å²) >= 11 is 0. The molecule has 0 heterocycles. The van der Waals surface area contributed by atoms with Gasteiger partial charge < -0.3 is 20.4 Å². The molecule has 0 radical (unpaired) electrons. The number of aliphatic hydroxyl groups excluding tert-OH is 1. The average Bonchev–Trinajstić information content (AvgIpc) is 2.88. The van der Waals surface area contributed by atoms with Gasteiger partial charge in [0.05, 0.1) is 11.7 Å². The second-order valence-electron chi connectivity index (χ2n) is 11.9. The number of nitrogens with zero attached hydrogens (tertiary/aromatic N) is 1. The van der Waals surface area contributed by atoms with Gasteiger partial charge in [-0.3, -0.25) is 0 Å². The molecule has 5 nitrogen and oxygen atoms in total. The molecule has 1 aliphatic rings. The zero-order chi connectivity index (χ0) is 27.7. The number of rotatable bonds is 8. The number of aromatic carboxylic acids is 1. The fraction of sp³-hybridized carbons (Fsp3) is 0.364. The van der Waals surface area contributed by atoms with Crippen molar-refractivity contribution < 1.29 is 15.0 Å². The van der Waals surface area contributed by atoms with Crippen LogP contribution in [0.3, 0.4) is 0 Å². The maximum Gasteiger partial charge on any atom is 0.335 e. The zero-order valence-corrected chi connectivity index (χ0v) is 23.4. The lowest BCUT2D eigenvalue weighted by molar-refractivity contribution is 0.0697. The van der Waals surface area contributed by atoms with Crippen molar-refractivity contribution in [2.45, 2.75) is 64.0 Å². The van der Waals surface area contributed by atoms with Gasteiger partial charge in [0.1, 0.15) is 0 Å². The third kappa shape index (κ3) is 5.94. The maximum absolute atomic E-state index is 11.2. The molecule has 0 fully saturated rings. The number of carboxylic acid groups (broad SMARTS) is 1. The monoisotopic (exact) mass is 512 g/mol. The molecular weight excluding hydrogens is 472 g/mol. The van der Waals surface area contributed by atoms with E-state index in [2.05, 4.69) is 74.3 Å². The number of hydrogen-bond acceptors (Lipinski definition) is 4. The van der Waals surface area contributed by atoms with Crippen molar-refractivity contribution in [1.82, 2.24) is 0 Å². The number of aliphatic hydroxyl groups is 1. The van der Waals surface area contributed by atoms with E-state index in [1.165, 1.54) is 22.4 Å². The number of carboxylic acids is 1. The summed E-state index contributed by atoms with van der Waals surface area (Å²) in [6.07, 6.45) is 5.00. The van der Waals surface area contributed by atoms with E-state index in [1.54, 1.807) is 30.3 Å². The highest BCUT2D eigenvalue weighted by Gasteiger charge is 2.39.